The van der Waals surface area contributed by atoms with Gasteiger partial charge < -0.3 is 4.42 Å². The van der Waals surface area contributed by atoms with Crippen molar-refractivity contribution >= 4 is 6.08 Å². The van der Waals surface area contributed by atoms with Gasteiger partial charge in [-0.05, 0) is 18.9 Å². The Morgan fingerprint density at radius 2 is 2.36 bits per heavy atom. The summed E-state index contributed by atoms with van der Waals surface area (Å²) >= 11 is 0. The maximum absolute atomic E-state index is 5.13. The quantitative estimate of drug-likeness (QED) is 0.719. The van der Waals surface area contributed by atoms with Crippen LogP contribution in [0.3, 0.4) is 0 Å². The van der Waals surface area contributed by atoms with Crippen LogP contribution in [0.15, 0.2) is 16.4 Å². The van der Waals surface area contributed by atoms with Crippen molar-refractivity contribution in [3.8, 4) is 6.07 Å². The average Bonchev–Trinajstić information content (AvgIpc) is 2.53. The molecule has 0 aliphatic rings. The van der Waals surface area contributed by atoms with Crippen LogP contribution in [0, 0.1) is 12.0 Å². The van der Waals surface area contributed by atoms with Crippen LogP contribution in [0.4, 0.5) is 0 Å². The van der Waals surface area contributed by atoms with E-state index in [0.717, 1.165) is 5.69 Å². The third-order valence-electron chi connectivity index (χ3n) is 2.08. The molecule has 0 amide bonds. The minimum Gasteiger partial charge on any atom is -0.428 e. The minimum absolute atomic E-state index is 0.512. The highest BCUT2D eigenvalue weighted by Gasteiger charge is 2.09. The lowest BCUT2D eigenvalue weighted by atomic mass is 10.0. The Balaban J connectivity index is 3.00. The lowest BCUT2D eigenvalue weighted by molar-refractivity contribution is 0.545. The second-order valence-corrected chi connectivity index (χ2v) is 3.45. The normalized spacial score (nSPS) is 11.4. The van der Waals surface area contributed by atoms with Gasteiger partial charge in [0.15, 0.2) is 6.39 Å². The van der Waals surface area contributed by atoms with E-state index in [0.29, 0.717) is 11.7 Å². The fourth-order valence-corrected chi connectivity index (χ4v) is 0.925. The maximum atomic E-state index is 5.13. The molecular formula is C11H15N2O+. The zero-order chi connectivity index (χ0) is 10.6. The van der Waals surface area contributed by atoms with Crippen molar-refractivity contribution in [3.63, 3.8) is 0 Å². The molecule has 1 rings (SSSR count). The Morgan fingerprint density at radius 3 is 2.93 bits per heavy atom. The molecular weight excluding hydrogens is 176 g/mol. The van der Waals surface area contributed by atoms with Crippen molar-refractivity contribution in [3.05, 3.63) is 28.3 Å². The fourth-order valence-electron chi connectivity index (χ4n) is 0.925. The smallest absolute Gasteiger partial charge is 0.352 e. The van der Waals surface area contributed by atoms with Crippen molar-refractivity contribution < 1.29 is 4.42 Å². The second-order valence-electron chi connectivity index (χ2n) is 3.45. The molecule has 0 radical (unpaired) electrons. The molecule has 0 spiro atoms. The number of hydrogen-bond acceptors (Lipinski definition) is 2. The van der Waals surface area contributed by atoms with Crippen LogP contribution in [-0.2, 0) is 0 Å². The van der Waals surface area contributed by atoms with Gasteiger partial charge in [-0.25, -0.2) is 4.98 Å². The summed E-state index contributed by atoms with van der Waals surface area (Å²) in [5.41, 5.74) is 2.06. The van der Waals surface area contributed by atoms with Gasteiger partial charge in [-0.15, -0.1) is 0 Å². The molecule has 0 saturated carbocycles. The van der Waals surface area contributed by atoms with Crippen molar-refractivity contribution in [2.24, 2.45) is 5.92 Å². The number of oxazole rings is 1. The van der Waals surface area contributed by atoms with Gasteiger partial charge in [0.25, 0.3) is 12.8 Å². The highest BCUT2D eigenvalue weighted by Crippen LogP contribution is 2.15. The summed E-state index contributed by atoms with van der Waals surface area (Å²) in [4.78, 5) is 7.87. The van der Waals surface area contributed by atoms with Crippen LogP contribution >= 0.6 is 0 Å². The van der Waals surface area contributed by atoms with Crippen LogP contribution in [0.5, 0.6) is 0 Å². The summed E-state index contributed by atoms with van der Waals surface area (Å²) in [6, 6.07) is 2.75. The standard InChI is InChI=1S/C11H15N2O/c1-8(2)9(3)5-10-11(6-12-4)14-7-13-10/h5,7-8H,1-4H3/q+1/b9-5+. The monoisotopic (exact) mass is 191 g/mol. The van der Waals surface area contributed by atoms with Crippen LogP contribution in [-0.4, -0.2) is 12.0 Å². The van der Waals surface area contributed by atoms with Gasteiger partial charge in [0.2, 0.25) is 0 Å². The summed E-state index contributed by atoms with van der Waals surface area (Å²) < 4.78 is 5.13. The molecule has 0 atom stereocenters. The second kappa shape index (κ2) is 4.61. The summed E-state index contributed by atoms with van der Waals surface area (Å²) in [5.74, 6) is 1.10. The molecule has 74 valence electrons. The third kappa shape index (κ3) is 2.46. The first-order chi connectivity index (χ1) is 6.65. The SMILES string of the molecule is C[N+]#Cc1ocnc1/C=C(\C)C(C)C. The van der Waals surface area contributed by atoms with E-state index in [1.807, 2.05) is 6.08 Å². The van der Waals surface area contributed by atoms with Gasteiger partial charge in [-0.1, -0.05) is 24.3 Å². The zero-order valence-corrected chi connectivity index (χ0v) is 9.03. The molecule has 1 heterocycles. The van der Waals surface area contributed by atoms with E-state index in [9.17, 15) is 0 Å². The van der Waals surface area contributed by atoms with Crippen molar-refractivity contribution in [1.29, 1.82) is 0 Å². The molecule has 1 aromatic heterocycles. The van der Waals surface area contributed by atoms with Gasteiger partial charge >= 0.3 is 6.07 Å². The molecule has 0 bridgehead atoms. The Morgan fingerprint density at radius 1 is 1.64 bits per heavy atom. The first-order valence-electron chi connectivity index (χ1n) is 4.61. The van der Waals surface area contributed by atoms with E-state index in [1.54, 1.807) is 7.05 Å². The Kier molecular flexibility index (Phi) is 3.47. The van der Waals surface area contributed by atoms with E-state index in [1.165, 1.54) is 12.0 Å². The number of hydrogen-bond donors (Lipinski definition) is 0. The molecule has 0 aliphatic heterocycles. The Labute approximate surface area is 84.3 Å². The van der Waals surface area contributed by atoms with E-state index in [-0.39, 0.29) is 0 Å². The lowest BCUT2D eigenvalue weighted by Gasteiger charge is -2.02. The van der Waals surface area contributed by atoms with Crippen molar-refractivity contribution in [2.75, 3.05) is 7.05 Å². The van der Waals surface area contributed by atoms with Crippen LogP contribution in [0.25, 0.3) is 10.9 Å². The summed E-state index contributed by atoms with van der Waals surface area (Å²) in [6.45, 7) is 6.36. The van der Waals surface area contributed by atoms with E-state index in [2.05, 4.69) is 36.7 Å². The van der Waals surface area contributed by atoms with E-state index >= 15 is 0 Å². The molecule has 0 saturated heterocycles. The summed E-state index contributed by atoms with van der Waals surface area (Å²) in [7, 11) is 1.66. The minimum atomic E-state index is 0.512. The molecule has 3 heteroatoms. The first kappa shape index (κ1) is 10.5. The zero-order valence-electron chi connectivity index (χ0n) is 9.03. The van der Waals surface area contributed by atoms with Crippen LogP contribution < -0.4 is 0 Å². The summed E-state index contributed by atoms with van der Waals surface area (Å²) in [5, 5.41) is 0. The van der Waals surface area contributed by atoms with E-state index < -0.39 is 0 Å². The van der Waals surface area contributed by atoms with Crippen LogP contribution in [0.2, 0.25) is 0 Å². The lowest BCUT2D eigenvalue weighted by Crippen LogP contribution is -1.89. The Hall–Kier alpha value is -1.56. The Bertz CT molecular complexity index is 391. The molecule has 0 unspecified atom stereocenters. The third-order valence-corrected chi connectivity index (χ3v) is 2.08. The predicted molar refractivity (Wildman–Crippen MR) is 57.3 cm³/mol. The van der Waals surface area contributed by atoms with Gasteiger partial charge in [-0.2, -0.15) is 0 Å². The van der Waals surface area contributed by atoms with Gasteiger partial charge in [0.1, 0.15) is 5.69 Å². The molecule has 1 aromatic rings. The topological polar surface area (TPSA) is 30.4 Å². The van der Waals surface area contributed by atoms with Crippen molar-refractivity contribution in [1.82, 2.24) is 4.98 Å². The largest absolute Gasteiger partial charge is 0.428 e. The van der Waals surface area contributed by atoms with Gasteiger partial charge in [-0.3, -0.25) is 0 Å². The van der Waals surface area contributed by atoms with Crippen molar-refractivity contribution in [2.45, 2.75) is 20.8 Å². The number of aromatic nitrogens is 1. The highest BCUT2D eigenvalue weighted by atomic mass is 16.3. The molecule has 0 fully saturated rings. The fraction of sp³-hybridized carbons (Fsp3) is 0.455. The average molecular weight is 191 g/mol. The first-order valence-corrected chi connectivity index (χ1v) is 4.61. The number of rotatable bonds is 2. The molecule has 0 aliphatic carbocycles. The molecule has 3 nitrogen and oxygen atoms in total. The predicted octanol–water partition coefficient (Wildman–Crippen LogP) is 3.04. The summed E-state index contributed by atoms with van der Waals surface area (Å²) in [6.07, 6.45) is 3.41. The maximum Gasteiger partial charge on any atom is 0.352 e. The van der Waals surface area contributed by atoms with Crippen LogP contribution in [0.1, 0.15) is 32.2 Å². The number of nitrogens with zero attached hydrogens (tertiary/aromatic N) is 2. The van der Waals surface area contributed by atoms with Gasteiger partial charge in [0.05, 0.1) is 0 Å². The number of allylic oxidation sites excluding steroid dienone is 1. The highest BCUT2D eigenvalue weighted by molar-refractivity contribution is 5.53. The van der Waals surface area contributed by atoms with E-state index in [4.69, 9.17) is 4.42 Å². The molecule has 0 aromatic carbocycles. The molecule has 0 N–H and O–H groups in total. The van der Waals surface area contributed by atoms with Gasteiger partial charge in [0, 0.05) is 0 Å². The molecule has 14 heavy (non-hydrogen) atoms.